The van der Waals surface area contributed by atoms with Crippen molar-refractivity contribution >= 4 is 22.5 Å². The van der Waals surface area contributed by atoms with Crippen molar-refractivity contribution in [3.63, 3.8) is 0 Å². The summed E-state index contributed by atoms with van der Waals surface area (Å²) in [7, 11) is 1.57. The molecule has 0 unspecified atom stereocenters. The molecule has 0 aliphatic carbocycles. The summed E-state index contributed by atoms with van der Waals surface area (Å²) in [4.78, 5) is 27.7. The van der Waals surface area contributed by atoms with Gasteiger partial charge in [-0.15, -0.1) is 0 Å². The van der Waals surface area contributed by atoms with Gasteiger partial charge in [-0.1, -0.05) is 12.1 Å². The Bertz CT molecular complexity index is 757. The number of rotatable bonds is 4. The van der Waals surface area contributed by atoms with Gasteiger partial charge in [-0.2, -0.15) is 0 Å². The monoisotopic (exact) mass is 319 g/mol. The summed E-state index contributed by atoms with van der Waals surface area (Å²) in [5.74, 6) is -0.297. The highest BCUT2D eigenvalue weighted by molar-refractivity contribution is 6.00. The number of likely N-dealkylation sites (tertiary alicyclic amines) is 1. The van der Waals surface area contributed by atoms with Crippen LogP contribution in [0.2, 0.25) is 0 Å². The van der Waals surface area contributed by atoms with E-state index in [1.54, 1.807) is 30.2 Å². The van der Waals surface area contributed by atoms with Gasteiger partial charge in [-0.3, -0.25) is 14.9 Å². The maximum absolute atomic E-state index is 12.7. The number of methoxy groups -OCH3 is 1. The second-order valence-electron chi connectivity index (χ2n) is 5.57. The van der Waals surface area contributed by atoms with Crippen LogP contribution in [-0.2, 0) is 4.74 Å². The number of aromatic nitrogens is 1. The molecule has 1 saturated heterocycles. The summed E-state index contributed by atoms with van der Waals surface area (Å²) in [6.07, 6.45) is 0.453. The van der Waals surface area contributed by atoms with E-state index in [2.05, 4.69) is 4.98 Å². The molecule has 0 radical (unpaired) electrons. The number of nitro benzene ring substituents is 1. The molecule has 2 atom stereocenters. The van der Waals surface area contributed by atoms with E-state index in [4.69, 9.17) is 4.74 Å². The van der Waals surface area contributed by atoms with Crippen LogP contribution in [0, 0.1) is 10.1 Å². The summed E-state index contributed by atoms with van der Waals surface area (Å²) < 4.78 is 5.26. The SMILES string of the molecule is CO[C@@H]1C[C@@H](CO)N(C(=O)c2cc3cccc([N+](=O)[O-])c3[nH]2)C1. The number of H-pyrrole nitrogens is 1. The fourth-order valence-corrected chi connectivity index (χ4v) is 3.03. The topological polar surface area (TPSA) is 109 Å². The van der Waals surface area contributed by atoms with Crippen molar-refractivity contribution in [2.45, 2.75) is 18.6 Å². The third-order valence-corrected chi connectivity index (χ3v) is 4.24. The first-order valence-electron chi connectivity index (χ1n) is 7.26. The molecule has 3 rings (SSSR count). The Morgan fingerprint density at radius 1 is 1.57 bits per heavy atom. The lowest BCUT2D eigenvalue weighted by Gasteiger charge is -2.21. The fourth-order valence-electron chi connectivity index (χ4n) is 3.03. The van der Waals surface area contributed by atoms with Crippen molar-refractivity contribution in [2.75, 3.05) is 20.3 Å². The van der Waals surface area contributed by atoms with E-state index in [1.165, 1.54) is 6.07 Å². The first-order chi connectivity index (χ1) is 11.0. The molecule has 8 nitrogen and oxygen atoms in total. The summed E-state index contributed by atoms with van der Waals surface area (Å²) in [6.45, 7) is 0.240. The smallest absolute Gasteiger partial charge is 0.293 e. The number of aliphatic hydroxyl groups is 1. The van der Waals surface area contributed by atoms with Crippen LogP contribution in [-0.4, -0.2) is 58.2 Å². The minimum atomic E-state index is -0.486. The number of para-hydroxylation sites is 1. The Morgan fingerprint density at radius 3 is 3.00 bits per heavy atom. The second-order valence-corrected chi connectivity index (χ2v) is 5.57. The number of nitro groups is 1. The predicted octanol–water partition coefficient (Wildman–Crippen LogP) is 1.30. The van der Waals surface area contributed by atoms with E-state index < -0.39 is 4.92 Å². The molecule has 122 valence electrons. The maximum Gasteiger partial charge on any atom is 0.293 e. The molecule has 1 aromatic heterocycles. The number of fused-ring (bicyclic) bond motifs is 1. The van der Waals surface area contributed by atoms with Gasteiger partial charge in [0.2, 0.25) is 0 Å². The molecule has 2 heterocycles. The van der Waals surface area contributed by atoms with Crippen molar-refractivity contribution in [1.82, 2.24) is 9.88 Å². The minimum absolute atomic E-state index is 0.0727. The highest BCUT2D eigenvalue weighted by Gasteiger charge is 2.36. The van der Waals surface area contributed by atoms with E-state index in [9.17, 15) is 20.0 Å². The molecule has 1 aliphatic heterocycles. The van der Waals surface area contributed by atoms with Gasteiger partial charge in [0.05, 0.1) is 23.7 Å². The third kappa shape index (κ3) is 2.66. The van der Waals surface area contributed by atoms with Crippen LogP contribution in [0.5, 0.6) is 0 Å². The largest absolute Gasteiger partial charge is 0.394 e. The zero-order valence-corrected chi connectivity index (χ0v) is 12.6. The van der Waals surface area contributed by atoms with Gasteiger partial charge in [0.25, 0.3) is 11.6 Å². The van der Waals surface area contributed by atoms with Crippen LogP contribution < -0.4 is 0 Å². The van der Waals surface area contributed by atoms with Crippen molar-refractivity contribution in [3.8, 4) is 0 Å². The number of aromatic amines is 1. The maximum atomic E-state index is 12.7. The van der Waals surface area contributed by atoms with Crippen molar-refractivity contribution in [3.05, 3.63) is 40.1 Å². The number of benzene rings is 1. The van der Waals surface area contributed by atoms with E-state index in [1.807, 2.05) is 0 Å². The van der Waals surface area contributed by atoms with Crippen LogP contribution in [0.15, 0.2) is 24.3 Å². The summed E-state index contributed by atoms with van der Waals surface area (Å²) in [5, 5.41) is 21.1. The van der Waals surface area contributed by atoms with Crippen LogP contribution in [0.25, 0.3) is 10.9 Å². The molecule has 2 N–H and O–H groups in total. The molecule has 1 aliphatic rings. The fraction of sp³-hybridized carbons (Fsp3) is 0.400. The summed E-state index contributed by atoms with van der Waals surface area (Å²) in [6, 6.07) is 5.96. The van der Waals surface area contributed by atoms with Gasteiger partial charge < -0.3 is 19.7 Å². The second kappa shape index (κ2) is 5.98. The zero-order chi connectivity index (χ0) is 16.6. The lowest BCUT2D eigenvalue weighted by atomic mass is 10.2. The Labute approximate surface area is 131 Å². The lowest BCUT2D eigenvalue weighted by molar-refractivity contribution is -0.383. The molecule has 1 aromatic carbocycles. The Kier molecular flexibility index (Phi) is 4.01. The van der Waals surface area contributed by atoms with Crippen LogP contribution >= 0.6 is 0 Å². The van der Waals surface area contributed by atoms with Gasteiger partial charge in [-0.05, 0) is 12.5 Å². The summed E-state index contributed by atoms with van der Waals surface area (Å²) >= 11 is 0. The standard InChI is InChI=1S/C15H17N3O5/c1-23-11-6-10(8-19)17(7-11)15(20)12-5-9-3-2-4-13(18(21)22)14(9)16-12/h2-5,10-11,16,19H,6-8H2,1H3/t10-,11+/m0/s1. The highest BCUT2D eigenvalue weighted by atomic mass is 16.6. The molecular formula is C15H17N3O5. The molecule has 2 aromatic rings. The first-order valence-corrected chi connectivity index (χ1v) is 7.26. The average molecular weight is 319 g/mol. The van der Waals surface area contributed by atoms with Gasteiger partial charge in [-0.25, -0.2) is 0 Å². The Morgan fingerprint density at radius 2 is 2.35 bits per heavy atom. The van der Waals surface area contributed by atoms with Crippen LogP contribution in [0.4, 0.5) is 5.69 Å². The van der Waals surface area contributed by atoms with Gasteiger partial charge >= 0.3 is 0 Å². The Hall–Kier alpha value is -2.45. The number of aliphatic hydroxyl groups excluding tert-OH is 1. The molecule has 0 bridgehead atoms. The number of hydrogen-bond acceptors (Lipinski definition) is 5. The first kappa shape index (κ1) is 15.4. The van der Waals surface area contributed by atoms with Crippen LogP contribution in [0.3, 0.4) is 0 Å². The molecule has 0 saturated carbocycles. The van der Waals surface area contributed by atoms with E-state index in [0.717, 1.165) is 0 Å². The summed E-state index contributed by atoms with van der Waals surface area (Å²) in [5.41, 5.74) is 0.518. The normalized spacial score (nSPS) is 21.0. The zero-order valence-electron chi connectivity index (χ0n) is 12.6. The number of hydrogen-bond donors (Lipinski definition) is 2. The van der Waals surface area contributed by atoms with E-state index >= 15 is 0 Å². The average Bonchev–Trinajstić information content (AvgIpc) is 3.17. The number of non-ortho nitro benzene ring substituents is 1. The van der Waals surface area contributed by atoms with E-state index in [-0.39, 0.29) is 36.0 Å². The molecule has 1 amide bonds. The number of nitrogens with one attached hydrogen (secondary N) is 1. The highest BCUT2D eigenvalue weighted by Crippen LogP contribution is 2.27. The van der Waals surface area contributed by atoms with Gasteiger partial charge in [0.15, 0.2) is 0 Å². The quantitative estimate of drug-likeness (QED) is 0.652. The number of carbonyl (C=O) groups is 1. The van der Waals surface area contributed by atoms with E-state index in [0.29, 0.717) is 23.9 Å². The molecule has 1 fully saturated rings. The van der Waals surface area contributed by atoms with Gasteiger partial charge in [0, 0.05) is 25.1 Å². The predicted molar refractivity (Wildman–Crippen MR) is 82.3 cm³/mol. The molecule has 8 heteroatoms. The van der Waals surface area contributed by atoms with Crippen molar-refractivity contribution in [1.29, 1.82) is 0 Å². The molecule has 0 spiro atoms. The molecular weight excluding hydrogens is 302 g/mol. The van der Waals surface area contributed by atoms with Crippen molar-refractivity contribution < 1.29 is 19.6 Å². The number of carbonyl (C=O) groups excluding carboxylic acids is 1. The number of ether oxygens (including phenoxy) is 1. The molecule has 23 heavy (non-hydrogen) atoms. The Balaban J connectivity index is 1.95. The third-order valence-electron chi connectivity index (χ3n) is 4.24. The minimum Gasteiger partial charge on any atom is -0.394 e. The number of nitrogens with zero attached hydrogens (tertiary/aromatic N) is 2. The lowest BCUT2D eigenvalue weighted by Crippen LogP contribution is -2.38. The van der Waals surface area contributed by atoms with Crippen molar-refractivity contribution in [2.24, 2.45) is 0 Å². The van der Waals surface area contributed by atoms with Gasteiger partial charge in [0.1, 0.15) is 11.2 Å². The van der Waals surface area contributed by atoms with Crippen LogP contribution in [0.1, 0.15) is 16.9 Å². The number of amides is 1.